The van der Waals surface area contributed by atoms with Crippen molar-refractivity contribution in [1.82, 2.24) is 0 Å². The largest absolute Gasteiger partial charge is 3.00 e. The minimum Gasteiger partial charge on any atom is -0.744 e. The van der Waals surface area contributed by atoms with Crippen molar-refractivity contribution >= 4 is 27.5 Å². The van der Waals surface area contributed by atoms with E-state index in [0.717, 1.165) is 5.56 Å². The van der Waals surface area contributed by atoms with Crippen molar-refractivity contribution in [3.8, 4) is 0 Å². The molecule has 0 aromatic heterocycles. The molecule has 1 aromatic carbocycles. The van der Waals surface area contributed by atoms with Gasteiger partial charge in [0.15, 0.2) is 0 Å². The maximum atomic E-state index is 10.4. The summed E-state index contributed by atoms with van der Waals surface area (Å²) in [4.78, 5) is -0.178. The Kier molecular flexibility index (Phi) is 3.94. The van der Waals surface area contributed by atoms with Gasteiger partial charge in [0, 0.05) is 0 Å². The Bertz CT molecular complexity index is 341. The average molecular weight is 198 g/mol. The predicted molar refractivity (Wildman–Crippen MR) is 44.9 cm³/mol. The van der Waals surface area contributed by atoms with Gasteiger partial charge in [0.2, 0.25) is 0 Å². The fourth-order valence-corrected chi connectivity index (χ4v) is 1.17. The molecule has 0 saturated heterocycles. The summed E-state index contributed by atoms with van der Waals surface area (Å²) in [6.07, 6.45) is 0. The zero-order valence-corrected chi connectivity index (χ0v) is 8.49. The van der Waals surface area contributed by atoms with E-state index >= 15 is 0 Å². The molecule has 0 aliphatic rings. The van der Waals surface area contributed by atoms with Crippen LogP contribution in [0.4, 0.5) is 0 Å². The summed E-state index contributed by atoms with van der Waals surface area (Å²) in [6.45, 7) is 1.82. The average Bonchev–Trinajstić information content (AvgIpc) is 1.86. The van der Waals surface area contributed by atoms with Crippen LogP contribution in [0.3, 0.4) is 0 Å². The quantitative estimate of drug-likeness (QED) is 0.488. The van der Waals surface area contributed by atoms with Gasteiger partial charge in [0.1, 0.15) is 10.1 Å². The van der Waals surface area contributed by atoms with Crippen molar-refractivity contribution in [3.05, 3.63) is 29.8 Å². The fourth-order valence-electron chi connectivity index (χ4n) is 0.705. The third kappa shape index (κ3) is 2.96. The fraction of sp³-hybridized carbons (Fsp3) is 0.143. The molecule has 0 fully saturated rings. The van der Waals surface area contributed by atoms with Crippen molar-refractivity contribution in [2.45, 2.75) is 11.8 Å². The van der Waals surface area contributed by atoms with Gasteiger partial charge in [-0.15, -0.1) is 0 Å². The molecule has 0 aliphatic carbocycles. The molecule has 0 radical (unpaired) electrons. The van der Waals surface area contributed by atoms with Crippen LogP contribution in [0, 0.1) is 6.92 Å². The van der Waals surface area contributed by atoms with E-state index in [2.05, 4.69) is 0 Å². The molecule has 0 heterocycles. The van der Waals surface area contributed by atoms with E-state index in [1.165, 1.54) is 12.1 Å². The van der Waals surface area contributed by atoms with Crippen molar-refractivity contribution in [1.29, 1.82) is 0 Å². The minimum absolute atomic E-state index is 0. The summed E-state index contributed by atoms with van der Waals surface area (Å²) < 4.78 is 31.2. The van der Waals surface area contributed by atoms with Gasteiger partial charge in [-0.05, 0) is 19.1 Å². The first-order valence-electron chi connectivity index (χ1n) is 3.03. The second-order valence-corrected chi connectivity index (χ2v) is 3.65. The summed E-state index contributed by atoms with van der Waals surface area (Å²) in [7, 11) is -4.27. The van der Waals surface area contributed by atoms with Crippen LogP contribution < -0.4 is 0 Å². The minimum atomic E-state index is -4.27. The van der Waals surface area contributed by atoms with Crippen LogP contribution in [0.2, 0.25) is 0 Å². The maximum Gasteiger partial charge on any atom is 3.00 e. The van der Waals surface area contributed by atoms with Crippen LogP contribution in [0.1, 0.15) is 5.56 Å². The molecule has 0 amide bonds. The summed E-state index contributed by atoms with van der Waals surface area (Å²) in [5, 5.41) is 0. The van der Waals surface area contributed by atoms with Crippen LogP contribution in [-0.4, -0.2) is 30.3 Å². The van der Waals surface area contributed by atoms with Crippen molar-refractivity contribution in [3.63, 3.8) is 0 Å². The van der Waals surface area contributed by atoms with Crippen molar-refractivity contribution < 1.29 is 13.0 Å². The van der Waals surface area contributed by atoms with Crippen LogP contribution >= 0.6 is 0 Å². The molecule has 3 nitrogen and oxygen atoms in total. The molecule has 12 heavy (non-hydrogen) atoms. The van der Waals surface area contributed by atoms with E-state index < -0.39 is 10.1 Å². The molecule has 0 atom stereocenters. The monoisotopic (exact) mass is 198 g/mol. The van der Waals surface area contributed by atoms with Gasteiger partial charge in [0.05, 0.1) is 4.90 Å². The SMILES string of the molecule is Cc1ccc(S(=O)(=O)[O-])cc1.[Al+3]. The molecule has 0 N–H and O–H groups in total. The Labute approximate surface area is 82.3 Å². The normalized spacial score (nSPS) is 10.5. The molecule has 0 unspecified atom stereocenters. The molecular formula is C7H7AlO3S+2. The van der Waals surface area contributed by atoms with E-state index in [9.17, 15) is 13.0 Å². The van der Waals surface area contributed by atoms with Gasteiger partial charge in [-0.3, -0.25) is 0 Å². The first-order valence-corrected chi connectivity index (χ1v) is 4.43. The third-order valence-electron chi connectivity index (χ3n) is 1.31. The molecule has 0 saturated carbocycles. The summed E-state index contributed by atoms with van der Waals surface area (Å²) in [6, 6.07) is 5.78. The number of rotatable bonds is 1. The molecule has 60 valence electrons. The molecule has 5 heteroatoms. The Morgan fingerprint density at radius 3 is 1.92 bits per heavy atom. The third-order valence-corrected chi connectivity index (χ3v) is 2.16. The smallest absolute Gasteiger partial charge is 0.744 e. The first kappa shape index (κ1) is 11.7. The standard InChI is InChI=1S/C7H8O3S.Al/c1-6-2-4-7(5-3-6)11(8,9)10;/h2-5H,1H3,(H,8,9,10);/q;+3/p-1. The number of benzene rings is 1. The predicted octanol–water partition coefficient (Wildman–Crippen LogP) is 0.518. The Morgan fingerprint density at radius 1 is 1.17 bits per heavy atom. The summed E-state index contributed by atoms with van der Waals surface area (Å²) in [5.41, 5.74) is 0.928. The van der Waals surface area contributed by atoms with E-state index in [0.29, 0.717) is 0 Å². The molecule has 0 spiro atoms. The van der Waals surface area contributed by atoms with Gasteiger partial charge < -0.3 is 4.55 Å². The van der Waals surface area contributed by atoms with Gasteiger partial charge in [-0.2, -0.15) is 0 Å². The van der Waals surface area contributed by atoms with Gasteiger partial charge in [-0.1, -0.05) is 17.7 Å². The molecule has 0 bridgehead atoms. The Hall–Kier alpha value is -0.338. The van der Waals surface area contributed by atoms with E-state index in [-0.39, 0.29) is 22.3 Å². The van der Waals surface area contributed by atoms with Crippen LogP contribution in [0.15, 0.2) is 29.2 Å². The van der Waals surface area contributed by atoms with Crippen molar-refractivity contribution in [2.75, 3.05) is 0 Å². The Morgan fingerprint density at radius 2 is 1.58 bits per heavy atom. The topological polar surface area (TPSA) is 57.2 Å². The zero-order valence-electron chi connectivity index (χ0n) is 6.52. The number of hydrogen-bond donors (Lipinski definition) is 0. The van der Waals surface area contributed by atoms with E-state index in [1.54, 1.807) is 12.1 Å². The van der Waals surface area contributed by atoms with Crippen LogP contribution in [0.5, 0.6) is 0 Å². The van der Waals surface area contributed by atoms with Crippen LogP contribution in [0.25, 0.3) is 0 Å². The molecule has 1 aromatic rings. The number of hydrogen-bond acceptors (Lipinski definition) is 3. The van der Waals surface area contributed by atoms with Crippen molar-refractivity contribution in [2.24, 2.45) is 0 Å². The second kappa shape index (κ2) is 4.06. The second-order valence-electron chi connectivity index (χ2n) is 2.27. The van der Waals surface area contributed by atoms with E-state index in [4.69, 9.17) is 0 Å². The Balaban J connectivity index is 0.00000121. The maximum absolute atomic E-state index is 10.4. The van der Waals surface area contributed by atoms with Gasteiger partial charge in [-0.25, -0.2) is 8.42 Å². The molecule has 1 rings (SSSR count). The van der Waals surface area contributed by atoms with E-state index in [1.807, 2.05) is 6.92 Å². The first-order chi connectivity index (χ1) is 5.00. The summed E-state index contributed by atoms with van der Waals surface area (Å²) >= 11 is 0. The van der Waals surface area contributed by atoms with Gasteiger partial charge in [0.25, 0.3) is 0 Å². The summed E-state index contributed by atoms with van der Waals surface area (Å²) in [5.74, 6) is 0. The number of aryl methyl sites for hydroxylation is 1. The molecule has 0 aliphatic heterocycles. The zero-order chi connectivity index (χ0) is 8.48. The van der Waals surface area contributed by atoms with Crippen LogP contribution in [-0.2, 0) is 10.1 Å². The molecular weight excluding hydrogens is 191 g/mol. The van der Waals surface area contributed by atoms with Gasteiger partial charge >= 0.3 is 17.4 Å².